The Hall–Kier alpha value is -2.59. The fraction of sp³-hybridized carbons (Fsp3) is 0.609. The molecule has 1 heterocycles. The summed E-state index contributed by atoms with van der Waals surface area (Å²) in [6.07, 6.45) is 6.47. The number of ether oxygens (including phenoxy) is 2. The lowest BCUT2D eigenvalue weighted by Crippen LogP contribution is -2.38. The van der Waals surface area contributed by atoms with Crippen molar-refractivity contribution in [2.75, 3.05) is 20.3 Å². The van der Waals surface area contributed by atoms with Crippen LogP contribution in [0.3, 0.4) is 0 Å². The first-order valence-corrected chi connectivity index (χ1v) is 10.6. The average Bonchev–Trinajstić information content (AvgIpc) is 3.01. The molecule has 1 fully saturated rings. The summed E-state index contributed by atoms with van der Waals surface area (Å²) >= 11 is 0. The number of nitrogens with one attached hydrogen (secondary N) is 1. The second kappa shape index (κ2) is 11.6. The second-order valence-corrected chi connectivity index (χ2v) is 7.94. The molecule has 1 saturated carbocycles. The molecule has 0 spiro atoms. The van der Waals surface area contributed by atoms with Crippen LogP contribution in [0.5, 0.6) is 0 Å². The minimum Gasteiger partial charge on any atom is -0.448 e. The van der Waals surface area contributed by atoms with Gasteiger partial charge >= 0.3 is 5.97 Å². The Morgan fingerprint density at radius 1 is 1.33 bits per heavy atom. The number of carbonyl (C=O) groups is 2. The monoisotopic (exact) mass is 415 g/mol. The zero-order valence-electron chi connectivity index (χ0n) is 18.5. The maximum atomic E-state index is 12.5. The highest BCUT2D eigenvalue weighted by Gasteiger charge is 2.22. The molecule has 30 heavy (non-hydrogen) atoms. The number of hydrogen-bond donors (Lipinski definition) is 1. The third kappa shape index (κ3) is 6.46. The molecule has 1 aliphatic carbocycles. The molecule has 0 aromatic carbocycles. The predicted molar refractivity (Wildman–Crippen MR) is 115 cm³/mol. The number of methoxy groups -OCH3 is 1. The van der Waals surface area contributed by atoms with Gasteiger partial charge in [0.1, 0.15) is 11.6 Å². The van der Waals surface area contributed by atoms with Crippen molar-refractivity contribution < 1.29 is 19.1 Å². The molecular weight excluding hydrogens is 382 g/mol. The van der Waals surface area contributed by atoms with Gasteiger partial charge in [-0.25, -0.2) is 4.79 Å². The molecule has 0 radical (unpaired) electrons. The van der Waals surface area contributed by atoms with Crippen LogP contribution >= 0.6 is 0 Å². The van der Waals surface area contributed by atoms with Gasteiger partial charge in [-0.2, -0.15) is 5.26 Å². The summed E-state index contributed by atoms with van der Waals surface area (Å²) in [5.41, 5.74) is 2.58. The Bertz CT molecular complexity index is 813. The lowest BCUT2D eigenvalue weighted by molar-refractivity contribution is -0.150. The third-order valence-corrected chi connectivity index (χ3v) is 5.71. The fourth-order valence-electron chi connectivity index (χ4n) is 3.85. The van der Waals surface area contributed by atoms with Crippen molar-refractivity contribution in [3.8, 4) is 6.07 Å². The third-order valence-electron chi connectivity index (χ3n) is 5.71. The van der Waals surface area contributed by atoms with Crippen LogP contribution in [-0.2, 0) is 25.6 Å². The first kappa shape index (κ1) is 23.7. The summed E-state index contributed by atoms with van der Waals surface area (Å²) in [5, 5.41) is 12.3. The molecule has 0 aliphatic heterocycles. The van der Waals surface area contributed by atoms with Gasteiger partial charge in [-0.05, 0) is 57.2 Å². The quantitative estimate of drug-likeness (QED) is 0.379. The van der Waals surface area contributed by atoms with E-state index in [0.29, 0.717) is 25.6 Å². The van der Waals surface area contributed by atoms with E-state index in [1.807, 2.05) is 26.0 Å². The van der Waals surface area contributed by atoms with Gasteiger partial charge in [0.05, 0.1) is 6.61 Å². The summed E-state index contributed by atoms with van der Waals surface area (Å²) in [6, 6.07) is 3.81. The molecule has 2 rings (SSSR count). The Labute approximate surface area is 179 Å². The highest BCUT2D eigenvalue weighted by molar-refractivity contribution is 5.99. The molecule has 1 aromatic heterocycles. The normalized spacial score (nSPS) is 16.0. The van der Waals surface area contributed by atoms with E-state index in [1.54, 1.807) is 7.11 Å². The van der Waals surface area contributed by atoms with E-state index in [2.05, 4.69) is 9.88 Å². The van der Waals surface area contributed by atoms with Crippen LogP contribution in [0.15, 0.2) is 11.6 Å². The Balaban J connectivity index is 1.98. The molecule has 0 bridgehead atoms. The highest BCUT2D eigenvalue weighted by Crippen LogP contribution is 2.23. The molecule has 164 valence electrons. The molecule has 1 atom stereocenters. The van der Waals surface area contributed by atoms with Crippen molar-refractivity contribution in [2.24, 2.45) is 5.92 Å². The Kier molecular flexibility index (Phi) is 9.13. The number of hydrogen-bond acceptors (Lipinski definition) is 5. The summed E-state index contributed by atoms with van der Waals surface area (Å²) in [5.74, 6) is -0.628. The molecule has 0 saturated heterocycles. The van der Waals surface area contributed by atoms with Crippen LogP contribution in [0.25, 0.3) is 6.08 Å². The van der Waals surface area contributed by atoms with Gasteiger partial charge in [-0.3, -0.25) is 4.79 Å². The second-order valence-electron chi connectivity index (χ2n) is 7.94. The predicted octanol–water partition coefficient (Wildman–Crippen LogP) is 3.29. The zero-order chi connectivity index (χ0) is 22.1. The molecule has 1 amide bonds. The van der Waals surface area contributed by atoms with E-state index in [1.165, 1.54) is 32.3 Å². The van der Waals surface area contributed by atoms with Gasteiger partial charge < -0.3 is 19.4 Å². The summed E-state index contributed by atoms with van der Waals surface area (Å²) in [6.45, 7) is 7.28. The van der Waals surface area contributed by atoms with Crippen LogP contribution in [0, 0.1) is 31.1 Å². The standard InChI is InChI=1S/C23H33N3O4/c1-16-12-20(17(2)26(16)10-11-29-4)13-21(14-24)23(28)30-18(3)22(27)25-15-19-8-6-5-7-9-19/h12-13,18-19H,5-11,15H2,1-4H3,(H,25,27)/b21-13+/t18-/m1/s1. The number of nitrogens with zero attached hydrogens (tertiary/aromatic N) is 2. The topological polar surface area (TPSA) is 93.3 Å². The maximum absolute atomic E-state index is 12.5. The van der Waals surface area contributed by atoms with Gasteiger partial charge in [0.2, 0.25) is 0 Å². The molecule has 0 unspecified atom stereocenters. The van der Waals surface area contributed by atoms with Crippen molar-refractivity contribution >= 4 is 18.0 Å². The van der Waals surface area contributed by atoms with Crippen molar-refractivity contribution in [3.05, 3.63) is 28.6 Å². The smallest absolute Gasteiger partial charge is 0.349 e. The minimum atomic E-state index is -0.952. The van der Waals surface area contributed by atoms with Gasteiger partial charge in [-0.15, -0.1) is 0 Å². The lowest BCUT2D eigenvalue weighted by Gasteiger charge is -2.22. The van der Waals surface area contributed by atoms with E-state index in [0.717, 1.165) is 29.8 Å². The highest BCUT2D eigenvalue weighted by atomic mass is 16.5. The molecule has 7 heteroatoms. The van der Waals surface area contributed by atoms with E-state index in [4.69, 9.17) is 9.47 Å². The van der Waals surface area contributed by atoms with Gasteiger partial charge in [0, 0.05) is 31.6 Å². The fourth-order valence-corrected chi connectivity index (χ4v) is 3.85. The van der Waals surface area contributed by atoms with Gasteiger partial charge in [-0.1, -0.05) is 19.3 Å². The summed E-state index contributed by atoms with van der Waals surface area (Å²) < 4.78 is 12.4. The summed E-state index contributed by atoms with van der Waals surface area (Å²) in [7, 11) is 1.64. The first-order chi connectivity index (χ1) is 14.4. The number of carbonyl (C=O) groups excluding carboxylic acids is 2. The van der Waals surface area contributed by atoms with Crippen LogP contribution in [0.4, 0.5) is 0 Å². The Morgan fingerprint density at radius 3 is 2.67 bits per heavy atom. The van der Waals surface area contributed by atoms with Crippen molar-refractivity contribution in [1.82, 2.24) is 9.88 Å². The minimum absolute atomic E-state index is 0.131. The number of aryl methyl sites for hydroxylation is 1. The summed E-state index contributed by atoms with van der Waals surface area (Å²) in [4.78, 5) is 24.7. The zero-order valence-corrected chi connectivity index (χ0v) is 18.5. The van der Waals surface area contributed by atoms with Crippen molar-refractivity contribution in [3.63, 3.8) is 0 Å². The molecule has 1 aliphatic rings. The SMILES string of the molecule is COCCn1c(C)cc(/C=C(\C#N)C(=O)O[C@H](C)C(=O)NCC2CCCCC2)c1C. The van der Waals surface area contributed by atoms with Crippen molar-refractivity contribution in [1.29, 1.82) is 5.26 Å². The average molecular weight is 416 g/mol. The largest absolute Gasteiger partial charge is 0.448 e. The van der Waals surface area contributed by atoms with Gasteiger partial charge in [0.15, 0.2) is 6.10 Å². The molecule has 1 N–H and O–H groups in total. The van der Waals surface area contributed by atoms with E-state index in [9.17, 15) is 14.9 Å². The van der Waals surface area contributed by atoms with Crippen molar-refractivity contribution in [2.45, 2.75) is 65.5 Å². The first-order valence-electron chi connectivity index (χ1n) is 10.6. The molecule has 7 nitrogen and oxygen atoms in total. The van der Waals surface area contributed by atoms with Crippen LogP contribution < -0.4 is 5.32 Å². The van der Waals surface area contributed by atoms with Crippen LogP contribution in [0.1, 0.15) is 56.0 Å². The van der Waals surface area contributed by atoms with Crippen LogP contribution in [0.2, 0.25) is 0 Å². The number of aromatic nitrogens is 1. The number of amides is 1. The van der Waals surface area contributed by atoms with E-state index >= 15 is 0 Å². The lowest BCUT2D eigenvalue weighted by atomic mass is 9.89. The molecule has 1 aromatic rings. The number of rotatable bonds is 9. The number of nitriles is 1. The van der Waals surface area contributed by atoms with E-state index < -0.39 is 12.1 Å². The van der Waals surface area contributed by atoms with Gasteiger partial charge in [0.25, 0.3) is 5.91 Å². The Morgan fingerprint density at radius 2 is 2.03 bits per heavy atom. The molecular formula is C23H33N3O4. The maximum Gasteiger partial charge on any atom is 0.349 e. The number of esters is 1. The van der Waals surface area contributed by atoms with E-state index in [-0.39, 0.29) is 11.5 Å². The van der Waals surface area contributed by atoms with Crippen LogP contribution in [-0.4, -0.2) is 42.8 Å².